The van der Waals surface area contributed by atoms with Crippen LogP contribution in [-0.2, 0) is 14.6 Å². The molecule has 140 valence electrons. The van der Waals surface area contributed by atoms with Gasteiger partial charge in [-0.05, 0) is 31.2 Å². The number of carbonyl (C=O) groups excluding carboxylic acids is 1. The third-order valence-electron chi connectivity index (χ3n) is 3.67. The van der Waals surface area contributed by atoms with E-state index in [-0.39, 0.29) is 4.90 Å². The lowest BCUT2D eigenvalue weighted by molar-refractivity contribution is -0.113. The van der Waals surface area contributed by atoms with Crippen molar-refractivity contribution in [3.63, 3.8) is 0 Å². The summed E-state index contributed by atoms with van der Waals surface area (Å²) in [5.74, 6) is -1.30. The topological polar surface area (TPSA) is 76.1 Å². The fraction of sp³-hybridized carbons (Fsp3) is 0.111. The zero-order valence-electron chi connectivity index (χ0n) is 14.1. The van der Waals surface area contributed by atoms with Crippen molar-refractivity contribution in [1.29, 1.82) is 0 Å². The number of rotatable bonds is 5. The van der Waals surface area contributed by atoms with Crippen LogP contribution >= 0.6 is 34.5 Å². The second kappa shape index (κ2) is 7.98. The second-order valence-corrected chi connectivity index (χ2v) is 9.45. The number of nitrogens with one attached hydrogen (secondary N) is 1. The third-order valence-corrected chi connectivity index (χ3v) is 6.80. The van der Waals surface area contributed by atoms with Crippen LogP contribution in [0, 0.1) is 6.92 Å². The molecule has 0 saturated carbocycles. The van der Waals surface area contributed by atoms with Gasteiger partial charge in [-0.1, -0.05) is 47.0 Å². The summed E-state index contributed by atoms with van der Waals surface area (Å²) >= 11 is 13.1. The number of thiazole rings is 1. The van der Waals surface area contributed by atoms with E-state index in [1.807, 2.05) is 6.92 Å². The molecule has 0 bridgehead atoms. The summed E-state index contributed by atoms with van der Waals surface area (Å²) in [7, 11) is -3.72. The van der Waals surface area contributed by atoms with Gasteiger partial charge in [-0.15, -0.1) is 11.3 Å². The van der Waals surface area contributed by atoms with Crippen LogP contribution in [0.3, 0.4) is 0 Å². The fourth-order valence-corrected chi connectivity index (χ4v) is 4.44. The lowest BCUT2D eigenvalue weighted by Crippen LogP contribution is -2.22. The summed E-state index contributed by atoms with van der Waals surface area (Å²) in [4.78, 5) is 16.6. The molecule has 1 aromatic heterocycles. The first-order valence-electron chi connectivity index (χ1n) is 7.75. The Bertz CT molecular complexity index is 1090. The molecule has 1 heterocycles. The third kappa shape index (κ3) is 4.87. The van der Waals surface area contributed by atoms with Crippen LogP contribution in [0.2, 0.25) is 10.0 Å². The molecule has 0 spiro atoms. The maximum absolute atomic E-state index is 12.3. The van der Waals surface area contributed by atoms with Gasteiger partial charge in [0.2, 0.25) is 5.91 Å². The minimum Gasteiger partial charge on any atom is -0.301 e. The lowest BCUT2D eigenvalue weighted by Gasteiger charge is -2.05. The van der Waals surface area contributed by atoms with Crippen LogP contribution in [0.5, 0.6) is 0 Å². The van der Waals surface area contributed by atoms with Gasteiger partial charge in [0.15, 0.2) is 15.0 Å². The first kappa shape index (κ1) is 19.8. The lowest BCUT2D eigenvalue weighted by atomic mass is 10.2. The monoisotopic (exact) mass is 440 g/mol. The molecule has 0 saturated heterocycles. The number of aromatic nitrogens is 1. The molecule has 0 radical (unpaired) electrons. The first-order valence-corrected chi connectivity index (χ1v) is 11.0. The highest BCUT2D eigenvalue weighted by molar-refractivity contribution is 7.92. The van der Waals surface area contributed by atoms with Gasteiger partial charge in [-0.2, -0.15) is 0 Å². The van der Waals surface area contributed by atoms with Crippen molar-refractivity contribution in [3.05, 3.63) is 63.5 Å². The molecule has 0 fully saturated rings. The minimum atomic E-state index is -3.72. The van der Waals surface area contributed by atoms with E-state index in [0.717, 1.165) is 11.1 Å². The molecule has 27 heavy (non-hydrogen) atoms. The van der Waals surface area contributed by atoms with E-state index in [2.05, 4.69) is 10.3 Å². The normalized spacial score (nSPS) is 11.4. The second-order valence-electron chi connectivity index (χ2n) is 5.79. The standard InChI is InChI=1S/C18H14Cl2N2O3S2/c1-11-2-5-13(6-3-11)27(24,25)10-17(23)22-18-21-16(9-26-18)12-4-7-14(19)15(20)8-12/h2-9H,10H2,1H3,(H,21,22,23). The van der Waals surface area contributed by atoms with Gasteiger partial charge < -0.3 is 5.32 Å². The van der Waals surface area contributed by atoms with Crippen LogP contribution in [0.1, 0.15) is 5.56 Å². The van der Waals surface area contributed by atoms with E-state index in [0.29, 0.717) is 20.9 Å². The van der Waals surface area contributed by atoms with E-state index in [1.54, 1.807) is 35.7 Å². The molecule has 0 unspecified atom stereocenters. The molecule has 0 aliphatic rings. The molecule has 0 atom stereocenters. The van der Waals surface area contributed by atoms with Gasteiger partial charge >= 0.3 is 0 Å². The van der Waals surface area contributed by atoms with Crippen molar-refractivity contribution in [3.8, 4) is 11.3 Å². The highest BCUT2D eigenvalue weighted by Gasteiger charge is 2.20. The Balaban J connectivity index is 1.70. The van der Waals surface area contributed by atoms with Gasteiger partial charge in [0, 0.05) is 10.9 Å². The summed E-state index contributed by atoms with van der Waals surface area (Å²) in [6.07, 6.45) is 0. The van der Waals surface area contributed by atoms with Crippen LogP contribution in [0.4, 0.5) is 5.13 Å². The Morgan fingerprint density at radius 1 is 1.11 bits per heavy atom. The number of amides is 1. The van der Waals surface area contributed by atoms with Gasteiger partial charge in [-0.25, -0.2) is 13.4 Å². The average molecular weight is 441 g/mol. The van der Waals surface area contributed by atoms with Gasteiger partial charge in [0.05, 0.1) is 20.6 Å². The quantitative estimate of drug-likeness (QED) is 0.615. The molecule has 0 aliphatic heterocycles. The van der Waals surface area contributed by atoms with E-state index in [4.69, 9.17) is 23.2 Å². The van der Waals surface area contributed by atoms with Gasteiger partial charge in [-0.3, -0.25) is 4.79 Å². The number of benzene rings is 2. The van der Waals surface area contributed by atoms with E-state index in [1.165, 1.54) is 23.5 Å². The molecule has 3 rings (SSSR count). The molecule has 0 aliphatic carbocycles. The van der Waals surface area contributed by atoms with Crippen LogP contribution in [0.15, 0.2) is 52.7 Å². The van der Waals surface area contributed by atoms with Crippen molar-refractivity contribution in [2.75, 3.05) is 11.1 Å². The zero-order chi connectivity index (χ0) is 19.6. The van der Waals surface area contributed by atoms with Crippen molar-refractivity contribution in [1.82, 2.24) is 4.98 Å². The number of hydrogen-bond donors (Lipinski definition) is 1. The van der Waals surface area contributed by atoms with Crippen LogP contribution in [0.25, 0.3) is 11.3 Å². The Kier molecular flexibility index (Phi) is 5.86. The molecule has 9 heteroatoms. The number of hydrogen-bond acceptors (Lipinski definition) is 5. The molecular weight excluding hydrogens is 427 g/mol. The van der Waals surface area contributed by atoms with Crippen molar-refractivity contribution >= 4 is 55.4 Å². The molecule has 2 aromatic carbocycles. The largest absolute Gasteiger partial charge is 0.301 e. The van der Waals surface area contributed by atoms with Gasteiger partial charge in [0.25, 0.3) is 0 Å². The Morgan fingerprint density at radius 2 is 1.81 bits per heavy atom. The fourth-order valence-electron chi connectivity index (χ4n) is 2.28. The maximum atomic E-state index is 12.3. The van der Waals surface area contributed by atoms with Crippen LogP contribution < -0.4 is 5.32 Å². The van der Waals surface area contributed by atoms with Crippen molar-refractivity contribution in [2.45, 2.75) is 11.8 Å². The van der Waals surface area contributed by atoms with E-state index >= 15 is 0 Å². The van der Waals surface area contributed by atoms with E-state index in [9.17, 15) is 13.2 Å². The maximum Gasteiger partial charge on any atom is 0.241 e. The molecule has 1 amide bonds. The summed E-state index contributed by atoms with van der Waals surface area (Å²) in [5, 5.41) is 5.41. The van der Waals surface area contributed by atoms with E-state index < -0.39 is 21.5 Å². The predicted molar refractivity (Wildman–Crippen MR) is 109 cm³/mol. The molecule has 1 N–H and O–H groups in total. The number of halogens is 2. The SMILES string of the molecule is Cc1ccc(S(=O)(=O)CC(=O)Nc2nc(-c3ccc(Cl)c(Cl)c3)cs2)cc1. The number of anilines is 1. The number of aryl methyl sites for hydroxylation is 1. The number of nitrogens with zero attached hydrogens (tertiary/aromatic N) is 1. The highest BCUT2D eigenvalue weighted by Crippen LogP contribution is 2.30. The van der Waals surface area contributed by atoms with Crippen molar-refractivity contribution in [2.24, 2.45) is 0 Å². The summed E-state index contributed by atoms with van der Waals surface area (Å²) in [6, 6.07) is 11.5. The van der Waals surface area contributed by atoms with Crippen LogP contribution in [-0.4, -0.2) is 25.1 Å². The smallest absolute Gasteiger partial charge is 0.241 e. The summed E-state index contributed by atoms with van der Waals surface area (Å²) < 4.78 is 24.7. The highest BCUT2D eigenvalue weighted by atomic mass is 35.5. The Hall–Kier alpha value is -1.93. The summed E-state index contributed by atoms with van der Waals surface area (Å²) in [5.41, 5.74) is 2.29. The minimum absolute atomic E-state index is 0.110. The van der Waals surface area contributed by atoms with Gasteiger partial charge in [0.1, 0.15) is 5.75 Å². The average Bonchev–Trinajstić information content (AvgIpc) is 3.05. The summed E-state index contributed by atoms with van der Waals surface area (Å²) in [6.45, 7) is 1.86. The molecular formula is C18H14Cl2N2O3S2. The Labute approximate surface area is 170 Å². The zero-order valence-corrected chi connectivity index (χ0v) is 17.2. The van der Waals surface area contributed by atoms with Crippen molar-refractivity contribution < 1.29 is 13.2 Å². The molecule has 5 nitrogen and oxygen atoms in total. The predicted octanol–water partition coefficient (Wildman–Crippen LogP) is 4.84. The number of carbonyl (C=O) groups is 1. The number of sulfone groups is 1. The Morgan fingerprint density at radius 3 is 2.48 bits per heavy atom. The molecule has 3 aromatic rings. The first-order chi connectivity index (χ1) is 12.7.